The van der Waals surface area contributed by atoms with Crippen LogP contribution in [0, 0.1) is 5.41 Å². The molecule has 1 aromatic rings. The third-order valence-electron chi connectivity index (χ3n) is 6.43. The highest BCUT2D eigenvalue weighted by atomic mass is 35.5. The van der Waals surface area contributed by atoms with E-state index in [1.165, 1.54) is 44.9 Å². The highest BCUT2D eigenvalue weighted by Gasteiger charge is 2.36. The van der Waals surface area contributed by atoms with E-state index in [4.69, 9.17) is 23.2 Å². The molecule has 1 unspecified atom stereocenters. The first-order chi connectivity index (χ1) is 13.9. The Morgan fingerprint density at radius 3 is 2.31 bits per heavy atom. The van der Waals surface area contributed by atoms with Crippen molar-refractivity contribution in [1.82, 2.24) is 16.0 Å². The first-order valence-electron chi connectivity index (χ1n) is 10.7. The summed E-state index contributed by atoms with van der Waals surface area (Å²) in [6.07, 6.45) is 11.4. The Hall–Kier alpha value is -1.46. The molecule has 1 aromatic carbocycles. The molecule has 2 aliphatic carbocycles. The summed E-state index contributed by atoms with van der Waals surface area (Å²) in [5, 5.41) is 9.39. The van der Waals surface area contributed by atoms with Crippen LogP contribution in [0.25, 0.3) is 0 Å². The number of carbonyl (C=O) groups is 2. The Bertz CT molecular complexity index is 705. The first-order valence-corrected chi connectivity index (χ1v) is 11.4. The van der Waals surface area contributed by atoms with Gasteiger partial charge in [-0.2, -0.15) is 0 Å². The predicted molar refractivity (Wildman–Crippen MR) is 118 cm³/mol. The van der Waals surface area contributed by atoms with Gasteiger partial charge in [-0.3, -0.25) is 4.79 Å². The number of halogens is 2. The van der Waals surface area contributed by atoms with Crippen molar-refractivity contribution in [3.05, 3.63) is 33.8 Å². The van der Waals surface area contributed by atoms with Gasteiger partial charge >= 0.3 is 6.03 Å². The van der Waals surface area contributed by atoms with Gasteiger partial charge in [-0.05, 0) is 63.0 Å². The van der Waals surface area contributed by atoms with Crippen LogP contribution in [0.4, 0.5) is 4.79 Å². The second-order valence-electron chi connectivity index (χ2n) is 8.66. The molecule has 3 amide bonds. The number of rotatable bonds is 5. The third kappa shape index (κ3) is 6.02. The van der Waals surface area contributed by atoms with Crippen LogP contribution in [-0.2, 0) is 0 Å². The summed E-state index contributed by atoms with van der Waals surface area (Å²) in [5.74, 6) is -0.347. The summed E-state index contributed by atoms with van der Waals surface area (Å²) in [4.78, 5) is 24.7. The molecule has 5 nitrogen and oxygen atoms in total. The minimum atomic E-state index is -0.347. The molecule has 0 radical (unpaired) electrons. The fraction of sp³-hybridized carbons (Fsp3) is 0.636. The van der Waals surface area contributed by atoms with Crippen LogP contribution in [-0.4, -0.2) is 30.6 Å². The van der Waals surface area contributed by atoms with E-state index in [9.17, 15) is 9.59 Å². The number of hydrogen-bond acceptors (Lipinski definition) is 2. The average Bonchev–Trinajstić information content (AvgIpc) is 2.69. The summed E-state index contributed by atoms with van der Waals surface area (Å²) >= 11 is 12.1. The van der Waals surface area contributed by atoms with Crippen LogP contribution in [0.3, 0.4) is 0 Å². The number of carbonyl (C=O) groups excluding carboxylic acids is 2. The van der Waals surface area contributed by atoms with Gasteiger partial charge in [0.05, 0.1) is 15.6 Å². The molecule has 1 spiro atoms. The van der Waals surface area contributed by atoms with Gasteiger partial charge in [-0.25, -0.2) is 4.79 Å². The minimum absolute atomic E-state index is 0.175. The Morgan fingerprint density at radius 1 is 1.07 bits per heavy atom. The van der Waals surface area contributed by atoms with Gasteiger partial charge in [0, 0.05) is 18.6 Å². The minimum Gasteiger partial charge on any atom is -0.348 e. The van der Waals surface area contributed by atoms with Crippen LogP contribution < -0.4 is 16.0 Å². The van der Waals surface area contributed by atoms with Crippen molar-refractivity contribution >= 4 is 35.1 Å². The molecule has 0 saturated heterocycles. The quantitative estimate of drug-likeness (QED) is 0.581. The van der Waals surface area contributed by atoms with Crippen LogP contribution in [0.2, 0.25) is 10.0 Å². The van der Waals surface area contributed by atoms with Crippen LogP contribution in [0.5, 0.6) is 0 Å². The van der Waals surface area contributed by atoms with E-state index in [1.807, 2.05) is 6.92 Å². The predicted octanol–water partition coefficient (Wildman–Crippen LogP) is 5.30. The van der Waals surface area contributed by atoms with E-state index in [0.29, 0.717) is 22.0 Å². The van der Waals surface area contributed by atoms with Crippen LogP contribution in [0.1, 0.15) is 75.1 Å². The molecular weight excluding hydrogens is 409 g/mol. The van der Waals surface area contributed by atoms with Crippen molar-refractivity contribution in [2.45, 2.75) is 76.8 Å². The van der Waals surface area contributed by atoms with E-state index < -0.39 is 0 Å². The number of benzene rings is 1. The lowest BCUT2D eigenvalue weighted by atomic mass is 9.64. The zero-order valence-electron chi connectivity index (χ0n) is 17.0. The number of hydrogen-bond donors (Lipinski definition) is 3. The van der Waals surface area contributed by atoms with E-state index in [1.54, 1.807) is 18.2 Å². The number of urea groups is 1. The van der Waals surface area contributed by atoms with Gasteiger partial charge in [0.1, 0.15) is 0 Å². The molecule has 7 heteroatoms. The Kier molecular flexibility index (Phi) is 7.69. The highest BCUT2D eigenvalue weighted by Crippen LogP contribution is 2.47. The molecule has 0 heterocycles. The van der Waals surface area contributed by atoms with Gasteiger partial charge < -0.3 is 16.0 Å². The maximum atomic E-state index is 12.4. The van der Waals surface area contributed by atoms with Crippen molar-refractivity contribution in [3.63, 3.8) is 0 Å². The summed E-state index contributed by atoms with van der Waals surface area (Å²) in [6.45, 7) is 2.16. The molecule has 2 aliphatic rings. The summed E-state index contributed by atoms with van der Waals surface area (Å²) < 4.78 is 0. The van der Waals surface area contributed by atoms with E-state index >= 15 is 0 Å². The Labute approximate surface area is 183 Å². The van der Waals surface area contributed by atoms with Crippen LogP contribution in [0.15, 0.2) is 18.2 Å². The fourth-order valence-electron chi connectivity index (χ4n) is 4.72. The molecule has 0 aliphatic heterocycles. The Morgan fingerprint density at radius 2 is 1.69 bits per heavy atom. The van der Waals surface area contributed by atoms with Gasteiger partial charge in [-0.15, -0.1) is 0 Å². The highest BCUT2D eigenvalue weighted by molar-refractivity contribution is 6.39. The van der Waals surface area contributed by atoms with E-state index in [2.05, 4.69) is 16.0 Å². The zero-order chi connectivity index (χ0) is 20.9. The third-order valence-corrected chi connectivity index (χ3v) is 7.06. The first kappa shape index (κ1) is 22.2. The molecule has 0 bridgehead atoms. The standard InChI is InChI=1S/C22H31Cl2N3O2/c1-15(26-20(28)19-17(23)6-5-7-18(19)24)14-25-21(29)27-16-8-12-22(13-9-16)10-3-2-4-11-22/h5-7,15-16H,2-4,8-14H2,1H3,(H,26,28)(H2,25,27,29). The van der Waals surface area contributed by atoms with Crippen molar-refractivity contribution in [2.75, 3.05) is 6.54 Å². The van der Waals surface area contributed by atoms with Gasteiger partial charge in [-0.1, -0.05) is 48.5 Å². The normalized spacial score (nSPS) is 20.1. The smallest absolute Gasteiger partial charge is 0.315 e. The van der Waals surface area contributed by atoms with Crippen molar-refractivity contribution in [3.8, 4) is 0 Å². The van der Waals surface area contributed by atoms with E-state index in [0.717, 1.165) is 12.8 Å². The second-order valence-corrected chi connectivity index (χ2v) is 9.47. The largest absolute Gasteiger partial charge is 0.348 e. The van der Waals surface area contributed by atoms with E-state index in [-0.39, 0.29) is 29.6 Å². The van der Waals surface area contributed by atoms with Crippen LogP contribution >= 0.6 is 23.2 Å². The molecular formula is C22H31Cl2N3O2. The maximum Gasteiger partial charge on any atom is 0.315 e. The molecule has 29 heavy (non-hydrogen) atoms. The van der Waals surface area contributed by atoms with Crippen molar-refractivity contribution in [2.24, 2.45) is 5.41 Å². The summed E-state index contributed by atoms with van der Waals surface area (Å²) in [7, 11) is 0. The molecule has 160 valence electrons. The molecule has 3 rings (SSSR count). The molecule has 0 aromatic heterocycles. The fourth-order valence-corrected chi connectivity index (χ4v) is 5.29. The van der Waals surface area contributed by atoms with Gasteiger partial charge in [0.25, 0.3) is 5.91 Å². The molecule has 1 atom stereocenters. The SMILES string of the molecule is CC(CNC(=O)NC1CCC2(CCCCC2)CC1)NC(=O)c1c(Cl)cccc1Cl. The number of amides is 3. The molecule has 2 fully saturated rings. The average molecular weight is 440 g/mol. The maximum absolute atomic E-state index is 12.4. The van der Waals surface area contributed by atoms with Crippen molar-refractivity contribution < 1.29 is 9.59 Å². The summed E-state index contributed by atoms with van der Waals surface area (Å²) in [6, 6.07) is 4.76. The lowest BCUT2D eigenvalue weighted by Crippen LogP contribution is -2.49. The molecule has 3 N–H and O–H groups in total. The molecule has 2 saturated carbocycles. The topological polar surface area (TPSA) is 70.2 Å². The van der Waals surface area contributed by atoms with Crippen molar-refractivity contribution in [1.29, 1.82) is 0 Å². The monoisotopic (exact) mass is 439 g/mol. The van der Waals surface area contributed by atoms with Gasteiger partial charge in [0.15, 0.2) is 0 Å². The zero-order valence-corrected chi connectivity index (χ0v) is 18.5. The lowest BCUT2D eigenvalue weighted by Gasteiger charge is -2.43. The number of nitrogens with one attached hydrogen (secondary N) is 3. The second kappa shape index (κ2) is 10.0. The lowest BCUT2D eigenvalue weighted by molar-refractivity contribution is 0.0939. The Balaban J connectivity index is 1.38. The summed E-state index contributed by atoms with van der Waals surface area (Å²) in [5.41, 5.74) is 0.803. The van der Waals surface area contributed by atoms with Gasteiger partial charge in [0.2, 0.25) is 0 Å².